The number of aromatic nitrogens is 1. The summed E-state index contributed by atoms with van der Waals surface area (Å²) in [5, 5.41) is 12.8. The third-order valence-electron chi connectivity index (χ3n) is 5.13. The van der Waals surface area contributed by atoms with Gasteiger partial charge in [0, 0.05) is 51.4 Å². The lowest BCUT2D eigenvalue weighted by atomic mass is 9.95. The quantitative estimate of drug-likeness (QED) is 0.853. The summed E-state index contributed by atoms with van der Waals surface area (Å²) in [7, 11) is 1.88. The van der Waals surface area contributed by atoms with Gasteiger partial charge in [-0.15, -0.1) is 0 Å². The zero-order chi connectivity index (χ0) is 17.1. The second kappa shape index (κ2) is 7.49. The van der Waals surface area contributed by atoms with Crippen molar-refractivity contribution < 1.29 is 9.90 Å². The minimum absolute atomic E-state index is 0.100. The van der Waals surface area contributed by atoms with Crippen LogP contribution < -0.4 is 10.2 Å². The number of pyridine rings is 1. The van der Waals surface area contributed by atoms with Crippen LogP contribution in [0, 0.1) is 12.8 Å². The van der Waals surface area contributed by atoms with Gasteiger partial charge in [0.2, 0.25) is 5.91 Å². The van der Waals surface area contributed by atoms with E-state index in [1.807, 2.05) is 25.1 Å². The molecule has 0 aromatic carbocycles. The number of hydrogen-bond donors (Lipinski definition) is 2. The summed E-state index contributed by atoms with van der Waals surface area (Å²) in [6.07, 6.45) is 4.10. The molecular weight excluding hydrogens is 304 g/mol. The Morgan fingerprint density at radius 2 is 2.17 bits per heavy atom. The summed E-state index contributed by atoms with van der Waals surface area (Å²) >= 11 is 0. The van der Waals surface area contributed by atoms with Gasteiger partial charge in [0.05, 0.1) is 6.10 Å². The van der Waals surface area contributed by atoms with E-state index in [4.69, 9.17) is 0 Å². The molecule has 132 valence electrons. The Bertz CT molecular complexity index is 555. The van der Waals surface area contributed by atoms with Crippen LogP contribution >= 0.6 is 0 Å². The number of aryl methyl sites for hydroxylation is 1. The van der Waals surface area contributed by atoms with Crippen molar-refractivity contribution in [3.63, 3.8) is 0 Å². The van der Waals surface area contributed by atoms with Crippen LogP contribution in [0.2, 0.25) is 0 Å². The fourth-order valence-corrected chi connectivity index (χ4v) is 3.67. The Kier molecular flexibility index (Phi) is 5.36. The molecule has 2 atom stereocenters. The number of amides is 1. The lowest BCUT2D eigenvalue weighted by Crippen LogP contribution is -2.45. The smallest absolute Gasteiger partial charge is 0.225 e. The maximum Gasteiger partial charge on any atom is 0.225 e. The zero-order valence-electron chi connectivity index (χ0n) is 14.6. The first-order valence-electron chi connectivity index (χ1n) is 8.87. The van der Waals surface area contributed by atoms with Crippen molar-refractivity contribution in [2.75, 3.05) is 38.1 Å². The van der Waals surface area contributed by atoms with Gasteiger partial charge in [0.15, 0.2) is 0 Å². The van der Waals surface area contributed by atoms with E-state index in [1.54, 1.807) is 0 Å². The molecular formula is C18H28N4O2. The molecule has 0 spiro atoms. The minimum atomic E-state index is -0.274. The molecule has 3 heterocycles. The number of hydrogen-bond acceptors (Lipinski definition) is 5. The molecule has 0 radical (unpaired) electrons. The second-order valence-electron chi connectivity index (χ2n) is 7.17. The summed E-state index contributed by atoms with van der Waals surface area (Å²) in [6.45, 7) is 5.10. The summed E-state index contributed by atoms with van der Waals surface area (Å²) in [6, 6.07) is 4.35. The number of aliphatic hydroxyl groups is 1. The van der Waals surface area contributed by atoms with Crippen molar-refractivity contribution in [3.05, 3.63) is 23.9 Å². The van der Waals surface area contributed by atoms with Crippen LogP contribution in [0.15, 0.2) is 18.3 Å². The van der Waals surface area contributed by atoms with Crippen molar-refractivity contribution in [2.45, 2.75) is 38.3 Å². The van der Waals surface area contributed by atoms with Crippen molar-refractivity contribution >= 4 is 11.7 Å². The summed E-state index contributed by atoms with van der Waals surface area (Å²) < 4.78 is 0. The van der Waals surface area contributed by atoms with Crippen molar-refractivity contribution in [1.82, 2.24) is 15.2 Å². The first kappa shape index (κ1) is 17.2. The monoisotopic (exact) mass is 332 g/mol. The predicted molar refractivity (Wildman–Crippen MR) is 94.0 cm³/mol. The van der Waals surface area contributed by atoms with Gasteiger partial charge in [0.25, 0.3) is 0 Å². The number of piperidine rings is 1. The highest BCUT2D eigenvalue weighted by atomic mass is 16.3. The van der Waals surface area contributed by atoms with Crippen LogP contribution in [0.1, 0.15) is 24.8 Å². The molecule has 0 bridgehead atoms. The minimum Gasteiger partial charge on any atom is -0.392 e. The molecule has 0 aliphatic carbocycles. The SMILES string of the molecule is Cc1ccc(N2CCC(C(=O)N(C)C[C@@H]3C[C@@H](O)CN3)CC2)nc1. The highest BCUT2D eigenvalue weighted by molar-refractivity contribution is 5.79. The van der Waals surface area contributed by atoms with E-state index < -0.39 is 0 Å². The molecule has 1 aromatic rings. The molecule has 2 aliphatic rings. The van der Waals surface area contributed by atoms with E-state index in [2.05, 4.69) is 27.3 Å². The molecule has 24 heavy (non-hydrogen) atoms. The van der Waals surface area contributed by atoms with Gasteiger partial charge in [-0.05, 0) is 37.8 Å². The molecule has 3 rings (SSSR count). The van der Waals surface area contributed by atoms with Crippen LogP contribution in [-0.4, -0.2) is 66.3 Å². The Hall–Kier alpha value is -1.66. The molecule has 2 fully saturated rings. The number of carbonyl (C=O) groups excluding carboxylic acids is 1. The number of nitrogens with one attached hydrogen (secondary N) is 1. The average Bonchev–Trinajstić information content (AvgIpc) is 3.00. The molecule has 2 aliphatic heterocycles. The molecule has 0 saturated carbocycles. The normalized spacial score (nSPS) is 25.0. The third-order valence-corrected chi connectivity index (χ3v) is 5.13. The van der Waals surface area contributed by atoms with Gasteiger partial charge >= 0.3 is 0 Å². The van der Waals surface area contributed by atoms with Crippen LogP contribution in [0.3, 0.4) is 0 Å². The largest absolute Gasteiger partial charge is 0.392 e. The van der Waals surface area contributed by atoms with Crippen molar-refractivity contribution in [2.24, 2.45) is 5.92 Å². The summed E-state index contributed by atoms with van der Waals surface area (Å²) in [5.74, 6) is 1.33. The Morgan fingerprint density at radius 1 is 1.42 bits per heavy atom. The highest BCUT2D eigenvalue weighted by Crippen LogP contribution is 2.23. The van der Waals surface area contributed by atoms with E-state index in [1.165, 1.54) is 0 Å². The number of likely N-dealkylation sites (N-methyl/N-ethyl adjacent to an activating group) is 1. The fourth-order valence-electron chi connectivity index (χ4n) is 3.67. The second-order valence-corrected chi connectivity index (χ2v) is 7.17. The molecule has 0 unspecified atom stereocenters. The van der Waals surface area contributed by atoms with Crippen LogP contribution in [0.4, 0.5) is 5.82 Å². The highest BCUT2D eigenvalue weighted by Gasteiger charge is 2.30. The van der Waals surface area contributed by atoms with E-state index in [9.17, 15) is 9.90 Å². The molecule has 6 heteroatoms. The van der Waals surface area contributed by atoms with E-state index in [0.717, 1.165) is 43.7 Å². The molecule has 1 aromatic heterocycles. The van der Waals surface area contributed by atoms with Gasteiger partial charge in [-0.25, -0.2) is 4.98 Å². The lowest BCUT2D eigenvalue weighted by molar-refractivity contribution is -0.135. The number of nitrogens with zero attached hydrogens (tertiary/aromatic N) is 3. The van der Waals surface area contributed by atoms with Gasteiger partial charge in [-0.3, -0.25) is 4.79 Å². The Balaban J connectivity index is 1.48. The van der Waals surface area contributed by atoms with Gasteiger partial charge < -0.3 is 20.2 Å². The van der Waals surface area contributed by atoms with E-state index in [-0.39, 0.29) is 24.0 Å². The van der Waals surface area contributed by atoms with Gasteiger partial charge in [-0.1, -0.05) is 6.07 Å². The molecule has 1 amide bonds. The predicted octanol–water partition coefficient (Wildman–Crippen LogP) is 0.788. The van der Waals surface area contributed by atoms with Crippen LogP contribution in [-0.2, 0) is 4.79 Å². The number of rotatable bonds is 4. The zero-order valence-corrected chi connectivity index (χ0v) is 14.6. The molecule has 2 saturated heterocycles. The Labute approximate surface area is 143 Å². The van der Waals surface area contributed by atoms with E-state index in [0.29, 0.717) is 13.1 Å². The average molecular weight is 332 g/mol. The van der Waals surface area contributed by atoms with Crippen LogP contribution in [0.5, 0.6) is 0 Å². The fraction of sp³-hybridized carbons (Fsp3) is 0.667. The maximum atomic E-state index is 12.7. The van der Waals surface area contributed by atoms with Crippen molar-refractivity contribution in [1.29, 1.82) is 0 Å². The van der Waals surface area contributed by atoms with Gasteiger partial charge in [-0.2, -0.15) is 0 Å². The van der Waals surface area contributed by atoms with Crippen LogP contribution in [0.25, 0.3) is 0 Å². The molecule has 2 N–H and O–H groups in total. The van der Waals surface area contributed by atoms with Gasteiger partial charge in [0.1, 0.15) is 5.82 Å². The summed E-state index contributed by atoms with van der Waals surface area (Å²) in [4.78, 5) is 21.2. The van der Waals surface area contributed by atoms with E-state index >= 15 is 0 Å². The standard InChI is InChI=1S/C18H28N4O2/c1-13-3-4-17(20-10-13)22-7-5-14(6-8-22)18(24)21(2)12-15-9-16(23)11-19-15/h3-4,10,14-16,19,23H,5-9,11-12H2,1-2H3/t15-,16+/m0/s1. The number of aliphatic hydroxyl groups excluding tert-OH is 1. The topological polar surface area (TPSA) is 68.7 Å². The molecule has 6 nitrogen and oxygen atoms in total. The Morgan fingerprint density at radius 3 is 2.75 bits per heavy atom. The third kappa shape index (κ3) is 4.05. The lowest BCUT2D eigenvalue weighted by Gasteiger charge is -2.34. The first-order valence-corrected chi connectivity index (χ1v) is 8.87. The summed E-state index contributed by atoms with van der Waals surface area (Å²) in [5.41, 5.74) is 1.16. The number of β-amino-alcohol motifs (C(OH)–C–C–N with tert-alkyl or cyclic N) is 1. The number of anilines is 1. The number of carbonyl (C=O) groups is 1. The maximum absolute atomic E-state index is 12.7. The van der Waals surface area contributed by atoms with Crippen molar-refractivity contribution in [3.8, 4) is 0 Å². The first-order chi connectivity index (χ1) is 11.5.